The predicted octanol–water partition coefficient (Wildman–Crippen LogP) is 3.65. The standard InChI is InChI=1S/C25H30N4O2/c1-17-15-29-16-21(24(30)28(2)11-6-12-31-3)20-9-10-25(27-22(20)23(29)26-17)13-18-7-4-5-8-19(18)14-25/h4-5,7-8,15-16,27H,6,9-14H2,1-3H3. The average molecular weight is 419 g/mol. The summed E-state index contributed by atoms with van der Waals surface area (Å²) in [5, 5.41) is 3.89. The van der Waals surface area contributed by atoms with Crippen LogP contribution in [0.4, 0.5) is 5.69 Å². The van der Waals surface area contributed by atoms with Crippen molar-refractivity contribution in [2.24, 2.45) is 0 Å². The topological polar surface area (TPSA) is 58.9 Å². The van der Waals surface area contributed by atoms with Gasteiger partial charge in [0.15, 0.2) is 5.65 Å². The van der Waals surface area contributed by atoms with E-state index in [9.17, 15) is 4.79 Å². The quantitative estimate of drug-likeness (QED) is 0.643. The van der Waals surface area contributed by atoms with Crippen molar-refractivity contribution in [2.75, 3.05) is 32.6 Å². The highest BCUT2D eigenvalue weighted by atomic mass is 16.5. The van der Waals surface area contributed by atoms with E-state index in [0.717, 1.165) is 60.3 Å². The number of ether oxygens (including phenoxy) is 1. The largest absolute Gasteiger partial charge is 0.385 e. The summed E-state index contributed by atoms with van der Waals surface area (Å²) in [7, 11) is 3.56. The molecule has 0 radical (unpaired) electrons. The highest BCUT2D eigenvalue weighted by molar-refractivity contribution is 5.98. The molecule has 1 spiro atoms. The van der Waals surface area contributed by atoms with E-state index in [2.05, 4.69) is 29.6 Å². The summed E-state index contributed by atoms with van der Waals surface area (Å²) < 4.78 is 7.16. The maximum Gasteiger partial charge on any atom is 0.255 e. The lowest BCUT2D eigenvalue weighted by atomic mass is 9.82. The Labute approximate surface area is 183 Å². The van der Waals surface area contributed by atoms with E-state index >= 15 is 0 Å². The SMILES string of the molecule is COCCCN(C)C(=O)c1cn2cc(C)nc2c2c1CCC1(Cc3ccccc3C1)N2. The maximum atomic E-state index is 13.4. The number of rotatable bonds is 5. The number of imidazole rings is 1. The Balaban J connectivity index is 1.53. The van der Waals surface area contributed by atoms with Crippen LogP contribution in [0.2, 0.25) is 0 Å². The number of nitrogens with one attached hydrogen (secondary N) is 1. The van der Waals surface area contributed by atoms with Crippen LogP contribution < -0.4 is 5.32 Å². The Morgan fingerprint density at radius 2 is 2.00 bits per heavy atom. The average Bonchev–Trinajstić information content (AvgIpc) is 3.31. The van der Waals surface area contributed by atoms with Gasteiger partial charge in [0.25, 0.3) is 5.91 Å². The summed E-state index contributed by atoms with van der Waals surface area (Å²) in [6, 6.07) is 8.74. The van der Waals surface area contributed by atoms with Crippen molar-refractivity contribution < 1.29 is 9.53 Å². The molecule has 1 aromatic carbocycles. The third kappa shape index (κ3) is 3.49. The van der Waals surface area contributed by atoms with Crippen LogP contribution in [0.15, 0.2) is 36.7 Å². The van der Waals surface area contributed by atoms with Crippen LogP contribution in [0.5, 0.6) is 0 Å². The molecule has 1 amide bonds. The zero-order valence-corrected chi connectivity index (χ0v) is 18.6. The summed E-state index contributed by atoms with van der Waals surface area (Å²) in [6.07, 6.45) is 8.72. The lowest BCUT2D eigenvalue weighted by Gasteiger charge is -2.38. The molecule has 162 valence electrons. The number of nitrogens with zero attached hydrogens (tertiary/aromatic N) is 3. The molecule has 0 bridgehead atoms. The van der Waals surface area contributed by atoms with Gasteiger partial charge < -0.3 is 19.4 Å². The van der Waals surface area contributed by atoms with Gasteiger partial charge in [-0.3, -0.25) is 4.79 Å². The Bertz CT molecular complexity index is 1120. The summed E-state index contributed by atoms with van der Waals surface area (Å²) in [5.41, 5.74) is 7.64. The molecule has 0 saturated heterocycles. The van der Waals surface area contributed by atoms with Crippen molar-refractivity contribution in [3.8, 4) is 0 Å². The minimum atomic E-state index is 0.00304. The second-order valence-corrected chi connectivity index (χ2v) is 9.11. The number of hydrogen-bond donors (Lipinski definition) is 1. The second-order valence-electron chi connectivity index (χ2n) is 9.11. The lowest BCUT2D eigenvalue weighted by Crippen LogP contribution is -2.43. The molecule has 2 aliphatic rings. The Morgan fingerprint density at radius 3 is 2.71 bits per heavy atom. The summed E-state index contributed by atoms with van der Waals surface area (Å²) in [5.74, 6) is 0.0630. The smallest absolute Gasteiger partial charge is 0.255 e. The first-order valence-corrected chi connectivity index (χ1v) is 11.1. The number of pyridine rings is 1. The Morgan fingerprint density at radius 1 is 1.26 bits per heavy atom. The summed E-state index contributed by atoms with van der Waals surface area (Å²) in [6.45, 7) is 3.33. The van der Waals surface area contributed by atoms with E-state index in [4.69, 9.17) is 9.72 Å². The van der Waals surface area contributed by atoms with Crippen molar-refractivity contribution >= 4 is 17.2 Å². The normalized spacial score (nSPS) is 16.2. The fraction of sp³-hybridized carbons (Fsp3) is 0.440. The van der Waals surface area contributed by atoms with Crippen LogP contribution in [-0.4, -0.2) is 53.0 Å². The molecular formula is C25H30N4O2. The number of hydrogen-bond acceptors (Lipinski definition) is 4. The molecule has 1 aliphatic heterocycles. The van der Waals surface area contributed by atoms with E-state index in [0.29, 0.717) is 13.2 Å². The molecule has 6 heteroatoms. The first-order chi connectivity index (χ1) is 15.0. The second kappa shape index (κ2) is 7.68. The predicted molar refractivity (Wildman–Crippen MR) is 122 cm³/mol. The first kappa shape index (κ1) is 20.1. The van der Waals surface area contributed by atoms with E-state index < -0.39 is 0 Å². The van der Waals surface area contributed by atoms with Gasteiger partial charge in [-0.2, -0.15) is 0 Å². The number of benzene rings is 1. The van der Waals surface area contributed by atoms with Gasteiger partial charge >= 0.3 is 0 Å². The van der Waals surface area contributed by atoms with Crippen LogP contribution in [0, 0.1) is 6.92 Å². The monoisotopic (exact) mass is 418 g/mol. The molecule has 0 fully saturated rings. The minimum absolute atomic E-state index is 0.00304. The van der Waals surface area contributed by atoms with E-state index in [1.54, 1.807) is 12.0 Å². The van der Waals surface area contributed by atoms with Gasteiger partial charge in [-0.05, 0) is 55.7 Å². The van der Waals surface area contributed by atoms with Crippen LogP contribution in [-0.2, 0) is 24.0 Å². The number of carbonyl (C=O) groups excluding carboxylic acids is 1. The molecule has 0 atom stereocenters. The molecule has 3 aromatic rings. The van der Waals surface area contributed by atoms with Gasteiger partial charge in [0, 0.05) is 45.2 Å². The molecule has 0 saturated carbocycles. The molecule has 31 heavy (non-hydrogen) atoms. The zero-order chi connectivity index (χ0) is 21.6. The number of aryl methyl sites for hydroxylation is 1. The molecule has 2 aromatic heterocycles. The van der Waals surface area contributed by atoms with Crippen LogP contribution in [0.1, 0.15) is 45.6 Å². The maximum absolute atomic E-state index is 13.4. The van der Waals surface area contributed by atoms with Crippen LogP contribution in [0.25, 0.3) is 5.65 Å². The first-order valence-electron chi connectivity index (χ1n) is 11.1. The molecule has 5 rings (SSSR count). The molecule has 0 unspecified atom stereocenters. The van der Waals surface area contributed by atoms with Gasteiger partial charge in [0.05, 0.1) is 16.9 Å². The minimum Gasteiger partial charge on any atom is -0.385 e. The third-order valence-electron chi connectivity index (χ3n) is 6.81. The number of methoxy groups -OCH3 is 1. The summed E-state index contributed by atoms with van der Waals surface area (Å²) in [4.78, 5) is 20.0. The fourth-order valence-electron chi connectivity index (χ4n) is 5.27. The number of aromatic nitrogens is 2. The van der Waals surface area contributed by atoms with E-state index in [1.165, 1.54) is 11.1 Å². The number of anilines is 1. The third-order valence-corrected chi connectivity index (χ3v) is 6.81. The van der Waals surface area contributed by atoms with Gasteiger partial charge in [-0.25, -0.2) is 4.98 Å². The molecular weight excluding hydrogens is 388 g/mol. The highest BCUT2D eigenvalue weighted by Gasteiger charge is 2.41. The Kier molecular flexibility index (Phi) is 4.97. The molecule has 1 aliphatic carbocycles. The van der Waals surface area contributed by atoms with Gasteiger partial charge in [0.1, 0.15) is 0 Å². The highest BCUT2D eigenvalue weighted by Crippen LogP contribution is 2.43. The van der Waals surface area contributed by atoms with Gasteiger partial charge in [0.2, 0.25) is 0 Å². The molecule has 6 nitrogen and oxygen atoms in total. The molecule has 1 N–H and O–H groups in total. The number of amides is 1. The van der Waals surface area contributed by atoms with Crippen molar-refractivity contribution in [3.63, 3.8) is 0 Å². The fourth-order valence-corrected chi connectivity index (χ4v) is 5.27. The number of carbonyl (C=O) groups is 1. The van der Waals surface area contributed by atoms with Crippen molar-refractivity contribution in [1.29, 1.82) is 0 Å². The van der Waals surface area contributed by atoms with Gasteiger partial charge in [-0.15, -0.1) is 0 Å². The summed E-state index contributed by atoms with van der Waals surface area (Å²) >= 11 is 0. The van der Waals surface area contributed by atoms with E-state index in [-0.39, 0.29) is 11.4 Å². The van der Waals surface area contributed by atoms with Crippen molar-refractivity contribution in [1.82, 2.24) is 14.3 Å². The van der Waals surface area contributed by atoms with Crippen LogP contribution in [0.3, 0.4) is 0 Å². The van der Waals surface area contributed by atoms with Crippen molar-refractivity contribution in [3.05, 3.63) is 64.6 Å². The zero-order valence-electron chi connectivity index (χ0n) is 18.6. The van der Waals surface area contributed by atoms with Crippen LogP contribution >= 0.6 is 0 Å². The molecule has 3 heterocycles. The van der Waals surface area contributed by atoms with E-state index in [1.807, 2.05) is 30.8 Å². The van der Waals surface area contributed by atoms with Crippen molar-refractivity contribution in [2.45, 2.75) is 44.6 Å². The lowest BCUT2D eigenvalue weighted by molar-refractivity contribution is 0.0777. The van der Waals surface area contributed by atoms with Gasteiger partial charge in [-0.1, -0.05) is 24.3 Å². The number of fused-ring (bicyclic) bond motifs is 4. The Hall–Kier alpha value is -2.86.